The highest BCUT2D eigenvalue weighted by molar-refractivity contribution is 5.74. The van der Waals surface area contributed by atoms with E-state index in [9.17, 15) is 4.79 Å². The summed E-state index contributed by atoms with van der Waals surface area (Å²) in [4.78, 5) is 13.8. The molecular formula is C14H26N2O3. The molecule has 0 bridgehead atoms. The van der Waals surface area contributed by atoms with Crippen LogP contribution in [-0.4, -0.2) is 54.0 Å². The van der Waals surface area contributed by atoms with E-state index >= 15 is 0 Å². The van der Waals surface area contributed by atoms with E-state index in [0.717, 1.165) is 19.3 Å². The summed E-state index contributed by atoms with van der Waals surface area (Å²) in [7, 11) is 0. The Morgan fingerprint density at radius 3 is 3.00 bits per heavy atom. The van der Waals surface area contributed by atoms with Crippen molar-refractivity contribution in [3.8, 4) is 0 Å². The van der Waals surface area contributed by atoms with Crippen molar-refractivity contribution in [3.63, 3.8) is 0 Å². The van der Waals surface area contributed by atoms with E-state index in [1.54, 1.807) is 4.90 Å². The molecule has 2 amide bonds. The highest BCUT2D eigenvalue weighted by Gasteiger charge is 2.28. The number of carbonyl (C=O) groups is 1. The molecule has 0 aromatic carbocycles. The van der Waals surface area contributed by atoms with E-state index < -0.39 is 0 Å². The Balaban J connectivity index is 2.37. The highest BCUT2D eigenvalue weighted by atomic mass is 16.5. The molecule has 1 saturated heterocycles. The van der Waals surface area contributed by atoms with Crippen LogP contribution in [0.25, 0.3) is 0 Å². The molecule has 1 heterocycles. The quantitative estimate of drug-likeness (QED) is 0.568. The number of urea groups is 1. The smallest absolute Gasteiger partial charge is 0.317 e. The summed E-state index contributed by atoms with van der Waals surface area (Å²) >= 11 is 0. The topological polar surface area (TPSA) is 61.8 Å². The van der Waals surface area contributed by atoms with Crippen LogP contribution in [0, 0.1) is 0 Å². The molecule has 2 N–H and O–H groups in total. The normalized spacial score (nSPS) is 24.9. The van der Waals surface area contributed by atoms with Crippen molar-refractivity contribution in [1.82, 2.24) is 10.2 Å². The molecule has 0 aliphatic carbocycles. The van der Waals surface area contributed by atoms with Gasteiger partial charge in [-0.2, -0.15) is 0 Å². The minimum Gasteiger partial charge on any atom is -0.394 e. The number of hydrogen-bond acceptors (Lipinski definition) is 3. The van der Waals surface area contributed by atoms with Crippen LogP contribution in [-0.2, 0) is 4.74 Å². The number of ether oxygens (including phenoxy) is 1. The number of amides is 2. The van der Waals surface area contributed by atoms with Gasteiger partial charge in [0.05, 0.1) is 25.4 Å². The SMILES string of the molecule is C=CCCC[C@H](C)NC(=O)N1C[C@@H](CO)O[C@H](C)C1. The van der Waals surface area contributed by atoms with Gasteiger partial charge in [-0.25, -0.2) is 4.79 Å². The zero-order valence-corrected chi connectivity index (χ0v) is 12.0. The molecule has 5 nitrogen and oxygen atoms in total. The molecule has 1 aliphatic heterocycles. The highest BCUT2D eigenvalue weighted by Crippen LogP contribution is 2.11. The number of morpholine rings is 1. The Kier molecular flexibility index (Phi) is 6.87. The first-order valence-electron chi connectivity index (χ1n) is 6.99. The van der Waals surface area contributed by atoms with Crippen molar-refractivity contribution in [3.05, 3.63) is 12.7 Å². The molecule has 1 rings (SSSR count). The zero-order chi connectivity index (χ0) is 14.3. The van der Waals surface area contributed by atoms with Gasteiger partial charge in [0.2, 0.25) is 0 Å². The number of rotatable bonds is 6. The summed E-state index contributed by atoms with van der Waals surface area (Å²) in [6, 6.07) is 0.0814. The lowest BCUT2D eigenvalue weighted by atomic mass is 10.1. The largest absolute Gasteiger partial charge is 0.394 e. The van der Waals surface area contributed by atoms with Crippen molar-refractivity contribution >= 4 is 6.03 Å². The first-order chi connectivity index (χ1) is 9.06. The maximum atomic E-state index is 12.1. The van der Waals surface area contributed by atoms with Gasteiger partial charge in [0.15, 0.2) is 0 Å². The molecule has 110 valence electrons. The molecule has 0 aromatic heterocycles. The lowest BCUT2D eigenvalue weighted by Gasteiger charge is -2.36. The monoisotopic (exact) mass is 270 g/mol. The molecule has 3 atom stereocenters. The number of nitrogens with zero attached hydrogens (tertiary/aromatic N) is 1. The van der Waals surface area contributed by atoms with E-state index in [0.29, 0.717) is 13.1 Å². The van der Waals surface area contributed by atoms with Crippen molar-refractivity contribution in [1.29, 1.82) is 0 Å². The lowest BCUT2D eigenvalue weighted by molar-refractivity contribution is -0.0835. The third-order valence-electron chi connectivity index (χ3n) is 3.23. The van der Waals surface area contributed by atoms with Crippen LogP contribution in [0.3, 0.4) is 0 Å². The Morgan fingerprint density at radius 1 is 1.63 bits per heavy atom. The third kappa shape index (κ3) is 5.61. The lowest BCUT2D eigenvalue weighted by Crippen LogP contribution is -2.54. The number of nitrogens with one attached hydrogen (secondary N) is 1. The number of hydrogen-bond donors (Lipinski definition) is 2. The molecule has 1 fully saturated rings. The number of aliphatic hydroxyl groups is 1. The van der Waals surface area contributed by atoms with Crippen LogP contribution in [0.1, 0.15) is 33.1 Å². The van der Waals surface area contributed by atoms with Crippen LogP contribution >= 0.6 is 0 Å². The van der Waals surface area contributed by atoms with Crippen molar-refractivity contribution in [2.45, 2.75) is 51.4 Å². The summed E-state index contributed by atoms with van der Waals surface area (Å²) in [5, 5.41) is 12.1. The van der Waals surface area contributed by atoms with Gasteiger partial charge in [-0.1, -0.05) is 6.08 Å². The molecule has 19 heavy (non-hydrogen) atoms. The Labute approximate surface area is 115 Å². The molecule has 0 unspecified atom stereocenters. The third-order valence-corrected chi connectivity index (χ3v) is 3.23. The first kappa shape index (κ1) is 16.0. The fourth-order valence-corrected chi connectivity index (χ4v) is 2.25. The van der Waals surface area contributed by atoms with Gasteiger partial charge in [-0.05, 0) is 33.1 Å². The predicted octanol–water partition coefficient (Wildman–Crippen LogP) is 1.52. The van der Waals surface area contributed by atoms with Crippen molar-refractivity contribution < 1.29 is 14.6 Å². The van der Waals surface area contributed by atoms with Gasteiger partial charge in [-0.15, -0.1) is 6.58 Å². The van der Waals surface area contributed by atoms with Crippen molar-refractivity contribution in [2.24, 2.45) is 0 Å². The molecule has 0 radical (unpaired) electrons. The second-order valence-corrected chi connectivity index (χ2v) is 5.23. The number of unbranched alkanes of at least 4 members (excludes halogenated alkanes) is 1. The van der Waals surface area contributed by atoms with Crippen LogP contribution in [0.5, 0.6) is 0 Å². The molecule has 0 spiro atoms. The van der Waals surface area contributed by atoms with Crippen LogP contribution in [0.15, 0.2) is 12.7 Å². The molecule has 5 heteroatoms. The summed E-state index contributed by atoms with van der Waals surface area (Å²) in [6.45, 7) is 8.57. The summed E-state index contributed by atoms with van der Waals surface area (Å²) in [5.74, 6) is 0. The predicted molar refractivity (Wildman–Crippen MR) is 75.0 cm³/mol. The second-order valence-electron chi connectivity index (χ2n) is 5.23. The summed E-state index contributed by atoms with van der Waals surface area (Å²) < 4.78 is 5.52. The average Bonchev–Trinajstić information content (AvgIpc) is 2.38. The first-order valence-corrected chi connectivity index (χ1v) is 6.99. The van der Waals surface area contributed by atoms with Gasteiger partial charge in [-0.3, -0.25) is 0 Å². The van der Waals surface area contributed by atoms with E-state index in [2.05, 4.69) is 11.9 Å². The van der Waals surface area contributed by atoms with E-state index in [1.807, 2.05) is 19.9 Å². The molecular weight excluding hydrogens is 244 g/mol. The van der Waals surface area contributed by atoms with Gasteiger partial charge < -0.3 is 20.1 Å². The van der Waals surface area contributed by atoms with Gasteiger partial charge in [0, 0.05) is 12.6 Å². The Hall–Kier alpha value is -1.07. The van der Waals surface area contributed by atoms with Crippen LogP contribution < -0.4 is 5.32 Å². The maximum Gasteiger partial charge on any atom is 0.317 e. The zero-order valence-electron chi connectivity index (χ0n) is 12.0. The fourth-order valence-electron chi connectivity index (χ4n) is 2.25. The standard InChI is InChI=1S/C14H26N2O3/c1-4-5-6-7-11(2)15-14(18)16-8-12(3)19-13(9-16)10-17/h4,11-13,17H,1,5-10H2,2-3H3,(H,15,18)/t11-,12+,13-/m0/s1. The average molecular weight is 270 g/mol. The number of aliphatic hydroxyl groups excluding tert-OH is 1. The minimum absolute atomic E-state index is 0.0345. The molecule has 0 saturated carbocycles. The van der Waals surface area contributed by atoms with Crippen molar-refractivity contribution in [2.75, 3.05) is 19.7 Å². The number of allylic oxidation sites excluding steroid dienone is 1. The van der Waals surface area contributed by atoms with Crippen LogP contribution in [0.2, 0.25) is 0 Å². The minimum atomic E-state index is -0.273. The summed E-state index contributed by atoms with van der Waals surface area (Å²) in [5.41, 5.74) is 0. The molecule has 0 aromatic rings. The maximum absolute atomic E-state index is 12.1. The fraction of sp³-hybridized carbons (Fsp3) is 0.786. The van der Waals surface area contributed by atoms with E-state index in [-0.39, 0.29) is 30.9 Å². The van der Waals surface area contributed by atoms with Gasteiger partial charge in [0.25, 0.3) is 0 Å². The Morgan fingerprint density at radius 2 is 2.37 bits per heavy atom. The van der Waals surface area contributed by atoms with Crippen LogP contribution in [0.4, 0.5) is 4.79 Å². The van der Waals surface area contributed by atoms with E-state index in [1.165, 1.54) is 0 Å². The summed E-state index contributed by atoms with van der Waals surface area (Å²) in [6.07, 6.45) is 4.54. The Bertz CT molecular complexity index is 296. The van der Waals surface area contributed by atoms with Gasteiger partial charge >= 0.3 is 6.03 Å². The second kappa shape index (κ2) is 8.17. The van der Waals surface area contributed by atoms with Gasteiger partial charge in [0.1, 0.15) is 0 Å². The van der Waals surface area contributed by atoms with E-state index in [4.69, 9.17) is 9.84 Å². The number of carbonyl (C=O) groups excluding carboxylic acids is 1. The molecule has 1 aliphatic rings.